The molecule has 0 aliphatic heterocycles. The molecule has 0 spiro atoms. The van der Waals surface area contributed by atoms with Crippen molar-refractivity contribution in [1.82, 2.24) is 9.88 Å². The number of aromatic nitrogens is 1. The number of hydrogen-bond acceptors (Lipinski definition) is 1. The summed E-state index contributed by atoms with van der Waals surface area (Å²) in [6.07, 6.45) is 3.33. The normalized spacial score (nSPS) is 13.1. The highest BCUT2D eigenvalue weighted by atomic mass is 35.5. The Bertz CT molecular complexity index is 1250. The second-order valence-electron chi connectivity index (χ2n) is 8.54. The van der Waals surface area contributed by atoms with Crippen molar-refractivity contribution in [3.05, 3.63) is 107 Å². The molecule has 5 heteroatoms. The summed E-state index contributed by atoms with van der Waals surface area (Å²) in [7, 11) is 0. The van der Waals surface area contributed by atoms with Crippen molar-refractivity contribution in [1.29, 1.82) is 0 Å². The average Bonchev–Trinajstić information content (AvgIpc) is 3.17. The van der Waals surface area contributed by atoms with Crippen molar-refractivity contribution in [3.63, 3.8) is 0 Å². The smallest absolute Gasteiger partial charge is 0.221 e. The lowest BCUT2D eigenvalue weighted by Crippen LogP contribution is -2.33. The molecule has 1 heterocycles. The van der Waals surface area contributed by atoms with Gasteiger partial charge in [-0.2, -0.15) is 0 Å². The monoisotopic (exact) mass is 462 g/mol. The predicted molar refractivity (Wildman–Crippen MR) is 133 cm³/mol. The minimum atomic E-state index is -0.245. The number of fused-ring (bicyclic) bond motifs is 1. The average molecular weight is 463 g/mol. The van der Waals surface area contributed by atoms with E-state index in [-0.39, 0.29) is 23.7 Å². The number of para-hydroxylation sites is 1. The standard InChI is InChI=1S/C28H28ClFN2O/c1-3-19(2)31-28(33)16-25(21-7-6-8-22(29)15-21)26-18-32(27-10-5-4-9-24(26)27)17-20-11-13-23(30)14-12-20/h4-15,18-19,25H,3,16-17H2,1-2H3,(H,31,33)/t19-,25+/m0/s1. The fraction of sp³-hybridized carbons (Fsp3) is 0.250. The maximum atomic E-state index is 13.4. The van der Waals surface area contributed by atoms with Gasteiger partial charge in [0.05, 0.1) is 0 Å². The Labute approximate surface area is 199 Å². The molecular weight excluding hydrogens is 435 g/mol. The number of carbonyl (C=O) groups excluding carboxylic acids is 1. The zero-order valence-electron chi connectivity index (χ0n) is 18.9. The molecule has 0 bridgehead atoms. The summed E-state index contributed by atoms with van der Waals surface area (Å²) in [6, 6.07) is 22.6. The van der Waals surface area contributed by atoms with Gasteiger partial charge < -0.3 is 9.88 Å². The Balaban J connectivity index is 1.77. The van der Waals surface area contributed by atoms with Gasteiger partial charge in [0.1, 0.15) is 5.82 Å². The van der Waals surface area contributed by atoms with Crippen LogP contribution in [0.5, 0.6) is 0 Å². The molecule has 3 nitrogen and oxygen atoms in total. The van der Waals surface area contributed by atoms with E-state index in [9.17, 15) is 9.18 Å². The van der Waals surface area contributed by atoms with E-state index in [4.69, 9.17) is 11.6 Å². The minimum absolute atomic E-state index is 0.0182. The van der Waals surface area contributed by atoms with E-state index in [0.717, 1.165) is 34.0 Å². The Morgan fingerprint density at radius 3 is 2.55 bits per heavy atom. The molecule has 1 aromatic heterocycles. The molecule has 1 N–H and O–H groups in total. The molecule has 3 aromatic carbocycles. The number of carbonyl (C=O) groups is 1. The van der Waals surface area contributed by atoms with Crippen LogP contribution < -0.4 is 5.32 Å². The summed E-state index contributed by atoms with van der Waals surface area (Å²) in [5.41, 5.74) is 4.17. The van der Waals surface area contributed by atoms with Gasteiger partial charge in [-0.3, -0.25) is 4.79 Å². The molecule has 33 heavy (non-hydrogen) atoms. The zero-order chi connectivity index (χ0) is 23.4. The summed E-state index contributed by atoms with van der Waals surface area (Å²) in [4.78, 5) is 12.9. The van der Waals surface area contributed by atoms with Crippen LogP contribution in [0.25, 0.3) is 10.9 Å². The van der Waals surface area contributed by atoms with Crippen molar-refractivity contribution in [2.24, 2.45) is 0 Å². The SMILES string of the molecule is CC[C@H](C)NC(=O)C[C@H](c1cccc(Cl)c1)c1cn(Cc2ccc(F)cc2)c2ccccc12. The maximum absolute atomic E-state index is 13.4. The van der Waals surface area contributed by atoms with Crippen LogP contribution in [0.4, 0.5) is 4.39 Å². The van der Waals surface area contributed by atoms with E-state index >= 15 is 0 Å². The van der Waals surface area contributed by atoms with Crippen LogP contribution >= 0.6 is 11.6 Å². The molecule has 0 radical (unpaired) electrons. The number of nitrogens with zero attached hydrogens (tertiary/aromatic N) is 1. The van der Waals surface area contributed by atoms with Gasteiger partial charge in [-0.1, -0.05) is 61.0 Å². The number of nitrogens with one attached hydrogen (secondary N) is 1. The van der Waals surface area contributed by atoms with E-state index in [1.54, 1.807) is 12.1 Å². The third-order valence-electron chi connectivity index (χ3n) is 6.12. The quantitative estimate of drug-likeness (QED) is 0.303. The van der Waals surface area contributed by atoms with E-state index in [1.807, 2.05) is 43.3 Å². The molecule has 0 aliphatic carbocycles. The Morgan fingerprint density at radius 1 is 1.06 bits per heavy atom. The van der Waals surface area contributed by atoms with E-state index in [0.29, 0.717) is 18.0 Å². The summed E-state index contributed by atoms with van der Waals surface area (Å²) >= 11 is 6.33. The molecule has 0 saturated heterocycles. The highest BCUT2D eigenvalue weighted by Gasteiger charge is 2.23. The van der Waals surface area contributed by atoms with Gasteiger partial charge in [-0.05, 0) is 60.4 Å². The van der Waals surface area contributed by atoms with Crippen LogP contribution in [0.15, 0.2) is 79.0 Å². The van der Waals surface area contributed by atoms with Gasteiger partial charge in [-0.15, -0.1) is 0 Å². The fourth-order valence-corrected chi connectivity index (χ4v) is 4.42. The Kier molecular flexibility index (Phi) is 7.14. The molecule has 0 unspecified atom stereocenters. The van der Waals surface area contributed by atoms with Gasteiger partial charge in [0, 0.05) is 47.0 Å². The van der Waals surface area contributed by atoms with Crippen LogP contribution in [0, 0.1) is 5.82 Å². The molecule has 0 fully saturated rings. The largest absolute Gasteiger partial charge is 0.354 e. The van der Waals surface area contributed by atoms with Crippen molar-refractivity contribution >= 4 is 28.4 Å². The third-order valence-corrected chi connectivity index (χ3v) is 6.36. The lowest BCUT2D eigenvalue weighted by Gasteiger charge is -2.19. The lowest BCUT2D eigenvalue weighted by atomic mass is 9.88. The van der Waals surface area contributed by atoms with Crippen LogP contribution in [-0.4, -0.2) is 16.5 Å². The highest BCUT2D eigenvalue weighted by molar-refractivity contribution is 6.30. The predicted octanol–water partition coefficient (Wildman–Crippen LogP) is 6.92. The van der Waals surface area contributed by atoms with Gasteiger partial charge in [0.15, 0.2) is 0 Å². The molecular formula is C28H28ClFN2O. The molecule has 4 aromatic rings. The van der Waals surface area contributed by atoms with Crippen molar-refractivity contribution < 1.29 is 9.18 Å². The first-order chi connectivity index (χ1) is 15.9. The zero-order valence-corrected chi connectivity index (χ0v) is 19.6. The van der Waals surface area contributed by atoms with Crippen LogP contribution in [0.3, 0.4) is 0 Å². The van der Waals surface area contributed by atoms with E-state index < -0.39 is 0 Å². The number of benzene rings is 3. The molecule has 1 amide bonds. The summed E-state index contributed by atoms with van der Waals surface area (Å²) < 4.78 is 15.6. The van der Waals surface area contributed by atoms with Gasteiger partial charge >= 0.3 is 0 Å². The van der Waals surface area contributed by atoms with Crippen molar-refractivity contribution in [2.75, 3.05) is 0 Å². The number of rotatable bonds is 8. The highest BCUT2D eigenvalue weighted by Crippen LogP contribution is 2.36. The van der Waals surface area contributed by atoms with Crippen LogP contribution in [0.2, 0.25) is 5.02 Å². The molecule has 0 aliphatic rings. The van der Waals surface area contributed by atoms with Gasteiger partial charge in [-0.25, -0.2) is 4.39 Å². The second kappa shape index (κ2) is 10.2. The number of halogens is 2. The summed E-state index contributed by atoms with van der Waals surface area (Å²) in [5.74, 6) is -0.373. The van der Waals surface area contributed by atoms with E-state index in [2.05, 4.69) is 35.1 Å². The fourth-order valence-electron chi connectivity index (χ4n) is 4.22. The number of hydrogen-bond donors (Lipinski definition) is 1. The topological polar surface area (TPSA) is 34.0 Å². The Morgan fingerprint density at radius 2 is 1.82 bits per heavy atom. The molecule has 2 atom stereocenters. The lowest BCUT2D eigenvalue weighted by molar-refractivity contribution is -0.121. The maximum Gasteiger partial charge on any atom is 0.221 e. The first-order valence-electron chi connectivity index (χ1n) is 11.3. The number of amides is 1. The van der Waals surface area contributed by atoms with Crippen molar-refractivity contribution in [2.45, 2.75) is 45.2 Å². The molecule has 4 rings (SSSR count). The van der Waals surface area contributed by atoms with Gasteiger partial charge in [0.25, 0.3) is 0 Å². The summed E-state index contributed by atoms with van der Waals surface area (Å²) in [6.45, 7) is 4.69. The minimum Gasteiger partial charge on any atom is -0.354 e. The first-order valence-corrected chi connectivity index (χ1v) is 11.7. The van der Waals surface area contributed by atoms with Crippen LogP contribution in [-0.2, 0) is 11.3 Å². The summed E-state index contributed by atoms with van der Waals surface area (Å²) in [5, 5.41) is 4.85. The van der Waals surface area contributed by atoms with Gasteiger partial charge in [0.2, 0.25) is 5.91 Å². The molecule has 170 valence electrons. The molecule has 0 saturated carbocycles. The first kappa shape index (κ1) is 23.1. The second-order valence-corrected chi connectivity index (χ2v) is 8.98. The third kappa shape index (κ3) is 5.45. The van der Waals surface area contributed by atoms with Crippen LogP contribution in [0.1, 0.15) is 49.3 Å². The Hall–Kier alpha value is -3.11. The van der Waals surface area contributed by atoms with E-state index in [1.165, 1.54) is 12.1 Å². The van der Waals surface area contributed by atoms with Crippen molar-refractivity contribution in [3.8, 4) is 0 Å².